The average Bonchev–Trinajstić information content (AvgIpc) is 2.17. The van der Waals surface area contributed by atoms with Crippen molar-refractivity contribution in [1.29, 1.82) is 0 Å². The van der Waals surface area contributed by atoms with Crippen LogP contribution in [0.5, 0.6) is 0 Å². The number of carbonyl (C=O) groups excluding carboxylic acids is 4. The van der Waals surface area contributed by atoms with E-state index in [-0.39, 0.29) is 58.9 Å². The van der Waals surface area contributed by atoms with E-state index in [0.717, 1.165) is 0 Å². The van der Waals surface area contributed by atoms with E-state index in [4.69, 9.17) is 0 Å². The Morgan fingerprint density at radius 2 is 0.800 bits per heavy atom. The van der Waals surface area contributed by atoms with Crippen molar-refractivity contribution in [2.45, 2.75) is 26.7 Å². The molecule has 0 aromatic carbocycles. The number of carboxylic acids is 4. The van der Waals surface area contributed by atoms with E-state index in [1.165, 1.54) is 13.8 Å². The maximum Gasteiger partial charge on any atom is 2.00 e. The molecule has 0 rings (SSSR count). The number of rotatable bonds is 6. The third kappa shape index (κ3) is 12.4. The molecule has 10 heteroatoms. The normalized spacial score (nSPS) is 8.60. The third-order valence-corrected chi connectivity index (χ3v) is 1.95. The van der Waals surface area contributed by atoms with Crippen LogP contribution < -0.4 is 20.4 Å². The van der Waals surface area contributed by atoms with Crippen LogP contribution in [0.2, 0.25) is 0 Å². The molecule has 0 aromatic heterocycles. The number of aliphatic carboxylic acids is 4. The molecule has 0 radical (unpaired) electrons. The molecule has 0 aliphatic carbocycles. The van der Waals surface area contributed by atoms with E-state index in [1.807, 2.05) is 0 Å². The van der Waals surface area contributed by atoms with Crippen LogP contribution in [-0.4, -0.2) is 70.0 Å². The smallest absolute Gasteiger partial charge is 0.549 e. The quantitative estimate of drug-likeness (QED) is 0.346. The topological polar surface area (TPSA) is 161 Å². The molecule has 0 amide bonds. The van der Waals surface area contributed by atoms with E-state index in [1.54, 1.807) is 0 Å². The van der Waals surface area contributed by atoms with Gasteiger partial charge in [-0.2, -0.15) is 0 Å². The Morgan fingerprint density at radius 3 is 0.800 bits per heavy atom. The molecule has 0 bridgehead atoms. The molecule has 0 saturated carbocycles. The van der Waals surface area contributed by atoms with Crippen LogP contribution in [0.1, 0.15) is 26.7 Å². The fraction of sp³-hybridized carbons (Fsp3) is 0.600. The predicted octanol–water partition coefficient (Wildman–Crippen LogP) is -5.74. The Labute approximate surface area is 147 Å². The first-order valence-electron chi connectivity index (χ1n) is 5.02. The second kappa shape index (κ2) is 14.8. The molecule has 0 spiro atoms. The molecular formula is C10H12Mg2O8. The van der Waals surface area contributed by atoms with Crippen LogP contribution >= 0.6 is 0 Å². The summed E-state index contributed by atoms with van der Waals surface area (Å²) in [5.74, 6) is -9.28. The number of hydrogen-bond acceptors (Lipinski definition) is 8. The maximum atomic E-state index is 9.84. The van der Waals surface area contributed by atoms with E-state index < -0.39 is 35.7 Å². The zero-order valence-corrected chi connectivity index (χ0v) is 14.1. The van der Waals surface area contributed by atoms with Crippen LogP contribution in [0.15, 0.2) is 0 Å². The standard InChI is InChI=1S/2C5H8O4.2Mg/c2*1-2-3(4(6)7)5(8)9;;/h2*3H,2H2,1H3,(H,6,7)(H,8,9);;/q;;2*+2/p-4. The van der Waals surface area contributed by atoms with Crippen molar-refractivity contribution in [2.75, 3.05) is 0 Å². The summed E-state index contributed by atoms with van der Waals surface area (Å²) < 4.78 is 0. The zero-order chi connectivity index (χ0) is 14.9. The molecule has 0 saturated heterocycles. The van der Waals surface area contributed by atoms with Gasteiger partial charge in [-0.25, -0.2) is 0 Å². The predicted molar refractivity (Wildman–Crippen MR) is 59.1 cm³/mol. The minimum Gasteiger partial charge on any atom is -0.549 e. The molecule has 0 heterocycles. The van der Waals surface area contributed by atoms with Crippen LogP contribution in [0, 0.1) is 11.8 Å². The Bertz CT molecular complexity index is 271. The second-order valence-corrected chi connectivity index (χ2v) is 3.20. The summed E-state index contributed by atoms with van der Waals surface area (Å²) in [6.07, 6.45) is 0.00926. The fourth-order valence-corrected chi connectivity index (χ4v) is 0.859. The Balaban J connectivity index is -0.000000116. The first-order valence-corrected chi connectivity index (χ1v) is 5.02. The van der Waals surface area contributed by atoms with Gasteiger partial charge in [0.05, 0.1) is 23.9 Å². The Hall–Kier alpha value is -0.588. The van der Waals surface area contributed by atoms with Crippen LogP contribution in [0.3, 0.4) is 0 Å². The molecule has 20 heavy (non-hydrogen) atoms. The van der Waals surface area contributed by atoms with Crippen molar-refractivity contribution in [1.82, 2.24) is 0 Å². The minimum absolute atomic E-state index is 0. The number of carboxylic acid groups (broad SMARTS) is 4. The van der Waals surface area contributed by atoms with Gasteiger partial charge in [-0.1, -0.05) is 13.8 Å². The minimum atomic E-state index is -1.59. The summed E-state index contributed by atoms with van der Waals surface area (Å²) in [6.45, 7) is 2.88. The zero-order valence-electron chi connectivity index (χ0n) is 11.2. The van der Waals surface area contributed by atoms with Gasteiger partial charge in [0, 0.05) is 11.8 Å². The van der Waals surface area contributed by atoms with Crippen molar-refractivity contribution in [3.8, 4) is 0 Å². The van der Waals surface area contributed by atoms with E-state index >= 15 is 0 Å². The first kappa shape index (κ1) is 27.7. The Morgan fingerprint density at radius 1 is 0.650 bits per heavy atom. The van der Waals surface area contributed by atoms with Crippen LogP contribution in [0.4, 0.5) is 0 Å². The summed E-state index contributed by atoms with van der Waals surface area (Å²) >= 11 is 0. The first-order chi connectivity index (χ1) is 8.18. The maximum absolute atomic E-state index is 9.84. The van der Waals surface area contributed by atoms with Crippen molar-refractivity contribution >= 4 is 70.0 Å². The van der Waals surface area contributed by atoms with Crippen molar-refractivity contribution in [2.24, 2.45) is 11.8 Å². The average molecular weight is 309 g/mol. The van der Waals surface area contributed by atoms with Crippen molar-refractivity contribution in [3.63, 3.8) is 0 Å². The molecule has 0 atom stereocenters. The van der Waals surface area contributed by atoms with Gasteiger partial charge in [0.15, 0.2) is 0 Å². The summed E-state index contributed by atoms with van der Waals surface area (Å²) in [7, 11) is 0. The molecule has 0 aliphatic rings. The number of carbonyl (C=O) groups is 4. The third-order valence-electron chi connectivity index (χ3n) is 1.95. The summed E-state index contributed by atoms with van der Waals surface area (Å²) in [4.78, 5) is 39.4. The molecule has 104 valence electrons. The molecule has 8 nitrogen and oxygen atoms in total. The van der Waals surface area contributed by atoms with Gasteiger partial charge in [0.2, 0.25) is 0 Å². The van der Waals surface area contributed by atoms with Crippen molar-refractivity contribution < 1.29 is 39.6 Å². The van der Waals surface area contributed by atoms with E-state index in [9.17, 15) is 39.6 Å². The van der Waals surface area contributed by atoms with Gasteiger partial charge in [0.1, 0.15) is 0 Å². The summed E-state index contributed by atoms with van der Waals surface area (Å²) in [5, 5.41) is 39.4. The largest absolute Gasteiger partial charge is 2.00 e. The molecular weight excluding hydrogens is 297 g/mol. The van der Waals surface area contributed by atoms with Gasteiger partial charge in [-0.15, -0.1) is 0 Å². The number of hydrogen-bond donors (Lipinski definition) is 0. The molecule has 0 aliphatic heterocycles. The van der Waals surface area contributed by atoms with Gasteiger partial charge in [-0.3, -0.25) is 0 Å². The molecule has 0 aromatic rings. The summed E-state index contributed by atoms with van der Waals surface area (Å²) in [5.41, 5.74) is 0. The summed E-state index contributed by atoms with van der Waals surface area (Å²) in [6, 6.07) is 0. The second-order valence-electron chi connectivity index (χ2n) is 3.20. The van der Waals surface area contributed by atoms with E-state index in [2.05, 4.69) is 0 Å². The van der Waals surface area contributed by atoms with Gasteiger partial charge in [0.25, 0.3) is 0 Å². The van der Waals surface area contributed by atoms with Crippen LogP contribution in [-0.2, 0) is 19.2 Å². The SMILES string of the molecule is CCC(C(=O)[O-])C(=O)[O-].CCC(C(=O)[O-])C(=O)[O-].[Mg+2].[Mg+2]. The fourth-order valence-electron chi connectivity index (χ4n) is 0.859. The van der Waals surface area contributed by atoms with Gasteiger partial charge < -0.3 is 39.6 Å². The van der Waals surface area contributed by atoms with E-state index in [0.29, 0.717) is 0 Å². The Kier molecular flexibility index (Phi) is 20.5. The van der Waals surface area contributed by atoms with Gasteiger partial charge in [-0.05, 0) is 12.8 Å². The molecule has 0 unspecified atom stereocenters. The van der Waals surface area contributed by atoms with Gasteiger partial charge >= 0.3 is 46.1 Å². The van der Waals surface area contributed by atoms with Crippen molar-refractivity contribution in [3.05, 3.63) is 0 Å². The monoisotopic (exact) mass is 308 g/mol. The van der Waals surface area contributed by atoms with Crippen LogP contribution in [0.25, 0.3) is 0 Å². The molecule has 0 N–H and O–H groups in total. The molecule has 0 fully saturated rings.